The Balaban J connectivity index is 1.79. The molecule has 0 aliphatic heterocycles. The van der Waals surface area contributed by atoms with Crippen molar-refractivity contribution in [1.82, 2.24) is 5.32 Å². The van der Waals surface area contributed by atoms with Crippen LogP contribution < -0.4 is 5.32 Å². The minimum atomic E-state index is -0.851. The van der Waals surface area contributed by atoms with Gasteiger partial charge in [0.25, 0.3) is 0 Å². The maximum Gasteiger partial charge on any atom is 0.305 e. The number of halogens is 1. The quantitative estimate of drug-likeness (QED) is 0.796. The zero-order valence-corrected chi connectivity index (χ0v) is 13.9. The van der Waals surface area contributed by atoms with Gasteiger partial charge in [-0.05, 0) is 30.5 Å². The first-order valence-electron chi connectivity index (χ1n) is 7.34. The van der Waals surface area contributed by atoms with Gasteiger partial charge in [0.1, 0.15) is 0 Å². The van der Waals surface area contributed by atoms with Crippen molar-refractivity contribution in [2.45, 2.75) is 43.4 Å². The van der Waals surface area contributed by atoms with Crippen LogP contribution in [0.25, 0.3) is 0 Å². The number of hydrogen-bond acceptors (Lipinski definition) is 3. The van der Waals surface area contributed by atoms with Crippen molar-refractivity contribution in [2.24, 2.45) is 0 Å². The van der Waals surface area contributed by atoms with Gasteiger partial charge in [0.15, 0.2) is 0 Å². The molecule has 0 heterocycles. The molecule has 0 spiro atoms. The van der Waals surface area contributed by atoms with E-state index in [0.717, 1.165) is 37.0 Å². The molecule has 0 radical (unpaired) electrons. The number of nitrogens with one attached hydrogen (secondary N) is 1. The molecule has 1 aliphatic rings. The van der Waals surface area contributed by atoms with E-state index in [9.17, 15) is 9.59 Å². The van der Waals surface area contributed by atoms with Gasteiger partial charge < -0.3 is 10.4 Å². The number of amides is 1. The van der Waals surface area contributed by atoms with E-state index in [1.807, 2.05) is 24.3 Å². The molecule has 0 aromatic heterocycles. The highest BCUT2D eigenvalue weighted by atomic mass is 35.5. The first-order chi connectivity index (χ1) is 10.5. The second-order valence-corrected chi connectivity index (χ2v) is 7.15. The summed E-state index contributed by atoms with van der Waals surface area (Å²) in [6.45, 7) is 0. The summed E-state index contributed by atoms with van der Waals surface area (Å²) >= 11 is 7.35. The summed E-state index contributed by atoms with van der Waals surface area (Å²) in [5.41, 5.74) is 0.576. The van der Waals surface area contributed by atoms with Gasteiger partial charge in [-0.1, -0.05) is 36.6 Å². The van der Waals surface area contributed by atoms with E-state index in [1.165, 1.54) is 11.8 Å². The SMILES string of the molecule is O=C(O)CC1(NC(=O)CSCc2ccc(Cl)cc2)CCCC1. The Morgan fingerprint density at radius 3 is 2.45 bits per heavy atom. The number of benzene rings is 1. The predicted molar refractivity (Wildman–Crippen MR) is 89.2 cm³/mol. The van der Waals surface area contributed by atoms with Gasteiger partial charge in [0, 0.05) is 10.8 Å². The van der Waals surface area contributed by atoms with Crippen molar-refractivity contribution in [3.8, 4) is 0 Å². The van der Waals surface area contributed by atoms with Crippen LogP contribution in [0.1, 0.15) is 37.7 Å². The molecule has 22 heavy (non-hydrogen) atoms. The summed E-state index contributed by atoms with van der Waals surface area (Å²) in [5.74, 6) is 0.138. The lowest BCUT2D eigenvalue weighted by molar-refractivity contribution is -0.139. The highest BCUT2D eigenvalue weighted by Crippen LogP contribution is 2.32. The van der Waals surface area contributed by atoms with E-state index >= 15 is 0 Å². The van der Waals surface area contributed by atoms with Gasteiger partial charge in [-0.2, -0.15) is 0 Å². The van der Waals surface area contributed by atoms with Gasteiger partial charge in [-0.3, -0.25) is 9.59 Å². The molecule has 1 fully saturated rings. The number of carbonyl (C=O) groups is 2. The molecule has 1 aromatic carbocycles. The molecule has 4 nitrogen and oxygen atoms in total. The molecule has 0 atom stereocenters. The van der Waals surface area contributed by atoms with E-state index in [-0.39, 0.29) is 12.3 Å². The van der Waals surface area contributed by atoms with Crippen LogP contribution in [0.15, 0.2) is 24.3 Å². The molecule has 1 saturated carbocycles. The minimum Gasteiger partial charge on any atom is -0.481 e. The number of carboxylic acids is 1. The lowest BCUT2D eigenvalue weighted by Gasteiger charge is -2.28. The third-order valence-electron chi connectivity index (χ3n) is 3.87. The standard InChI is InChI=1S/C16H20ClNO3S/c17-13-5-3-12(4-6-13)10-22-11-14(19)18-16(9-15(20)21)7-1-2-8-16/h3-6H,1-2,7-11H2,(H,18,19)(H,20,21). The average molecular weight is 342 g/mol. The molecule has 120 valence electrons. The summed E-state index contributed by atoms with van der Waals surface area (Å²) in [6.07, 6.45) is 3.48. The van der Waals surface area contributed by atoms with Gasteiger partial charge in [0.05, 0.1) is 17.7 Å². The molecule has 0 unspecified atom stereocenters. The number of thioether (sulfide) groups is 1. The van der Waals surface area contributed by atoms with Gasteiger partial charge in [-0.25, -0.2) is 0 Å². The van der Waals surface area contributed by atoms with Crippen LogP contribution in [0.4, 0.5) is 0 Å². The highest BCUT2D eigenvalue weighted by molar-refractivity contribution is 7.99. The number of aliphatic carboxylic acids is 1. The van der Waals surface area contributed by atoms with Crippen molar-refractivity contribution in [3.05, 3.63) is 34.9 Å². The Morgan fingerprint density at radius 2 is 1.86 bits per heavy atom. The van der Waals surface area contributed by atoms with Gasteiger partial charge in [0.2, 0.25) is 5.91 Å². The Morgan fingerprint density at radius 1 is 1.23 bits per heavy atom. The molecule has 2 rings (SSSR count). The first kappa shape index (κ1) is 17.2. The summed E-state index contributed by atoms with van der Waals surface area (Å²) in [7, 11) is 0. The molecule has 1 aliphatic carbocycles. The number of carbonyl (C=O) groups excluding carboxylic acids is 1. The normalized spacial score (nSPS) is 16.4. The Labute approximate surface area is 139 Å². The predicted octanol–water partition coefficient (Wildman–Crippen LogP) is 3.48. The van der Waals surface area contributed by atoms with E-state index in [4.69, 9.17) is 16.7 Å². The second-order valence-electron chi connectivity index (χ2n) is 5.73. The maximum absolute atomic E-state index is 12.1. The zero-order valence-electron chi connectivity index (χ0n) is 12.3. The van der Waals surface area contributed by atoms with Crippen LogP contribution in [0.2, 0.25) is 5.02 Å². The van der Waals surface area contributed by atoms with E-state index < -0.39 is 11.5 Å². The largest absolute Gasteiger partial charge is 0.481 e. The summed E-state index contributed by atoms with van der Waals surface area (Å²) in [6, 6.07) is 7.54. The maximum atomic E-state index is 12.1. The van der Waals surface area contributed by atoms with Crippen LogP contribution in [0, 0.1) is 0 Å². The topological polar surface area (TPSA) is 66.4 Å². The van der Waals surface area contributed by atoms with Gasteiger partial charge >= 0.3 is 5.97 Å². The van der Waals surface area contributed by atoms with Crippen molar-refractivity contribution in [1.29, 1.82) is 0 Å². The molecule has 2 N–H and O–H groups in total. The molecular weight excluding hydrogens is 322 g/mol. The van der Waals surface area contributed by atoms with Crippen molar-refractivity contribution in [2.75, 3.05) is 5.75 Å². The summed E-state index contributed by atoms with van der Waals surface area (Å²) < 4.78 is 0. The first-order valence-corrected chi connectivity index (χ1v) is 8.87. The van der Waals surface area contributed by atoms with Crippen LogP contribution in [-0.2, 0) is 15.3 Å². The summed E-state index contributed by atoms with van der Waals surface area (Å²) in [5, 5.41) is 12.7. The van der Waals surface area contributed by atoms with Crippen molar-refractivity contribution in [3.63, 3.8) is 0 Å². The molecular formula is C16H20ClNO3S. The fourth-order valence-electron chi connectivity index (χ4n) is 2.86. The van der Waals surface area contributed by atoms with Crippen molar-refractivity contribution >= 4 is 35.2 Å². The van der Waals surface area contributed by atoms with E-state index in [1.54, 1.807) is 0 Å². The Bertz CT molecular complexity index is 527. The number of carboxylic acid groups (broad SMARTS) is 1. The van der Waals surface area contributed by atoms with Crippen LogP contribution in [0.3, 0.4) is 0 Å². The highest BCUT2D eigenvalue weighted by Gasteiger charge is 2.37. The average Bonchev–Trinajstić information content (AvgIpc) is 2.88. The smallest absolute Gasteiger partial charge is 0.305 e. The molecule has 1 aromatic rings. The molecule has 6 heteroatoms. The zero-order chi connectivity index (χ0) is 16.0. The third kappa shape index (κ3) is 5.21. The van der Waals surface area contributed by atoms with E-state index in [0.29, 0.717) is 10.8 Å². The van der Waals surface area contributed by atoms with Crippen molar-refractivity contribution < 1.29 is 14.7 Å². The fourth-order valence-corrected chi connectivity index (χ4v) is 3.78. The lowest BCUT2D eigenvalue weighted by atomic mass is 9.93. The second kappa shape index (κ2) is 7.88. The monoisotopic (exact) mass is 341 g/mol. The van der Waals surface area contributed by atoms with Crippen LogP contribution in [-0.4, -0.2) is 28.3 Å². The molecule has 0 bridgehead atoms. The lowest BCUT2D eigenvalue weighted by Crippen LogP contribution is -2.48. The van der Waals surface area contributed by atoms with Crippen LogP contribution in [0.5, 0.6) is 0 Å². The van der Waals surface area contributed by atoms with Crippen LogP contribution >= 0.6 is 23.4 Å². The Kier molecular flexibility index (Phi) is 6.15. The number of hydrogen-bond donors (Lipinski definition) is 2. The third-order valence-corrected chi connectivity index (χ3v) is 5.13. The van der Waals surface area contributed by atoms with Gasteiger partial charge in [-0.15, -0.1) is 11.8 Å². The fraction of sp³-hybridized carbons (Fsp3) is 0.500. The summed E-state index contributed by atoms with van der Waals surface area (Å²) in [4.78, 5) is 23.1. The number of rotatable bonds is 7. The molecule has 1 amide bonds. The Hall–Kier alpha value is -1.20. The molecule has 0 saturated heterocycles. The van der Waals surface area contributed by atoms with E-state index in [2.05, 4.69) is 5.32 Å². The minimum absolute atomic E-state index is 0.0145.